The van der Waals surface area contributed by atoms with Crippen molar-refractivity contribution in [3.8, 4) is 11.5 Å². The van der Waals surface area contributed by atoms with Gasteiger partial charge in [0, 0.05) is 16.1 Å². The highest BCUT2D eigenvalue weighted by atomic mass is 35.5. The maximum atomic E-state index is 12.2. The fraction of sp³-hybridized carbons (Fsp3) is 0.0667. The number of ether oxygens (including phenoxy) is 1. The molecule has 5 nitrogen and oxygen atoms in total. The lowest BCUT2D eigenvalue weighted by molar-refractivity contribution is -0.274. The van der Waals surface area contributed by atoms with Gasteiger partial charge in [-0.3, -0.25) is 4.79 Å². The fourth-order valence-electron chi connectivity index (χ4n) is 1.74. The minimum atomic E-state index is -4.86. The van der Waals surface area contributed by atoms with Gasteiger partial charge in [0.1, 0.15) is 11.5 Å². The van der Waals surface area contributed by atoms with Gasteiger partial charge in [0.25, 0.3) is 5.91 Å². The number of aromatic hydroxyl groups is 1. The molecule has 0 aliphatic rings. The van der Waals surface area contributed by atoms with Gasteiger partial charge in [-0.25, -0.2) is 5.43 Å². The third-order valence-electron chi connectivity index (χ3n) is 2.76. The van der Waals surface area contributed by atoms with Crippen LogP contribution in [0.25, 0.3) is 0 Å². The number of carbonyl (C=O) groups is 1. The number of hydrogen-bond acceptors (Lipinski definition) is 4. The van der Waals surface area contributed by atoms with Crippen LogP contribution in [0.4, 0.5) is 13.2 Å². The lowest BCUT2D eigenvalue weighted by Gasteiger charge is -2.09. The second-order valence-corrected chi connectivity index (χ2v) is 5.44. The quantitative estimate of drug-likeness (QED) is 0.599. The summed E-state index contributed by atoms with van der Waals surface area (Å²) in [5.41, 5.74) is 2.14. The van der Waals surface area contributed by atoms with E-state index in [4.69, 9.17) is 23.2 Å². The Balaban J connectivity index is 2.09. The molecule has 132 valence electrons. The Bertz CT molecular complexity index is 826. The molecule has 0 saturated carbocycles. The average Bonchev–Trinajstić information content (AvgIpc) is 2.50. The zero-order valence-electron chi connectivity index (χ0n) is 12.1. The predicted octanol–water partition coefficient (Wildman–Crippen LogP) is 4.36. The van der Waals surface area contributed by atoms with Crippen LogP contribution in [0.1, 0.15) is 15.9 Å². The van der Waals surface area contributed by atoms with Crippen molar-refractivity contribution in [1.82, 2.24) is 5.43 Å². The Morgan fingerprint density at radius 3 is 2.64 bits per heavy atom. The summed E-state index contributed by atoms with van der Waals surface area (Å²) in [4.78, 5) is 11.9. The van der Waals surface area contributed by atoms with Crippen molar-refractivity contribution in [3.63, 3.8) is 0 Å². The lowest BCUT2D eigenvalue weighted by Crippen LogP contribution is -2.19. The first-order valence-corrected chi connectivity index (χ1v) is 7.28. The zero-order chi connectivity index (χ0) is 18.6. The molecule has 0 aliphatic carbocycles. The zero-order valence-corrected chi connectivity index (χ0v) is 13.7. The van der Waals surface area contributed by atoms with E-state index >= 15 is 0 Å². The van der Waals surface area contributed by atoms with Gasteiger partial charge >= 0.3 is 6.36 Å². The van der Waals surface area contributed by atoms with Crippen molar-refractivity contribution in [1.29, 1.82) is 0 Å². The van der Waals surface area contributed by atoms with Crippen molar-refractivity contribution in [2.45, 2.75) is 6.36 Å². The molecule has 0 aromatic heterocycles. The standard InChI is InChI=1S/C15H9Cl2F3N2O3/c16-10-4-9(13(23)12(17)6-10)7-21-22-14(24)8-2-1-3-11(5-8)25-15(18,19)20/h1-7,23H,(H,22,24). The molecule has 2 aromatic carbocycles. The summed E-state index contributed by atoms with van der Waals surface area (Å²) in [6.07, 6.45) is -3.78. The number of rotatable bonds is 4. The molecular weight excluding hydrogens is 384 g/mol. The van der Waals surface area contributed by atoms with Crippen LogP contribution in [0.2, 0.25) is 10.0 Å². The molecule has 0 heterocycles. The molecule has 10 heteroatoms. The molecule has 0 radical (unpaired) electrons. The van der Waals surface area contributed by atoms with Crippen LogP contribution in [-0.2, 0) is 0 Å². The molecule has 0 fully saturated rings. The number of hydrazone groups is 1. The van der Waals surface area contributed by atoms with E-state index in [0.717, 1.165) is 18.3 Å². The highest BCUT2D eigenvalue weighted by Crippen LogP contribution is 2.30. The number of halogens is 5. The first-order chi connectivity index (χ1) is 11.7. The first kappa shape index (κ1) is 18.9. The van der Waals surface area contributed by atoms with E-state index < -0.39 is 18.0 Å². The Hall–Kier alpha value is -2.45. The molecule has 0 spiro atoms. The lowest BCUT2D eigenvalue weighted by atomic mass is 10.2. The van der Waals surface area contributed by atoms with Gasteiger partial charge in [0.15, 0.2) is 0 Å². The van der Waals surface area contributed by atoms with Gasteiger partial charge in [0.05, 0.1) is 11.2 Å². The topological polar surface area (TPSA) is 70.9 Å². The van der Waals surface area contributed by atoms with Crippen LogP contribution in [0.15, 0.2) is 41.5 Å². The SMILES string of the molecule is O=C(NN=Cc1cc(Cl)cc(Cl)c1O)c1cccc(OC(F)(F)F)c1. The fourth-order valence-corrected chi connectivity index (χ4v) is 2.25. The van der Waals surface area contributed by atoms with E-state index in [9.17, 15) is 23.1 Å². The monoisotopic (exact) mass is 392 g/mol. The van der Waals surface area contributed by atoms with Gasteiger partial charge < -0.3 is 9.84 Å². The molecule has 2 rings (SSSR count). The van der Waals surface area contributed by atoms with E-state index in [0.29, 0.717) is 0 Å². The molecular formula is C15H9Cl2F3N2O3. The van der Waals surface area contributed by atoms with Crippen LogP contribution >= 0.6 is 23.2 Å². The normalized spacial score (nSPS) is 11.6. The number of nitrogens with one attached hydrogen (secondary N) is 1. The second kappa shape index (κ2) is 7.62. The highest BCUT2D eigenvalue weighted by Gasteiger charge is 2.31. The maximum absolute atomic E-state index is 12.2. The van der Waals surface area contributed by atoms with Gasteiger partial charge in [-0.2, -0.15) is 5.10 Å². The summed E-state index contributed by atoms with van der Waals surface area (Å²) in [5.74, 6) is -1.61. The number of nitrogens with zero attached hydrogens (tertiary/aromatic N) is 1. The van der Waals surface area contributed by atoms with E-state index in [1.807, 2.05) is 0 Å². The predicted molar refractivity (Wildman–Crippen MR) is 86.3 cm³/mol. The van der Waals surface area contributed by atoms with E-state index in [-0.39, 0.29) is 26.9 Å². The van der Waals surface area contributed by atoms with Crippen LogP contribution < -0.4 is 10.2 Å². The van der Waals surface area contributed by atoms with Crippen LogP contribution in [0.3, 0.4) is 0 Å². The molecule has 0 aliphatic heterocycles. The Kier molecular flexibility index (Phi) is 5.76. The average molecular weight is 393 g/mol. The van der Waals surface area contributed by atoms with Gasteiger partial charge in [-0.05, 0) is 30.3 Å². The smallest absolute Gasteiger partial charge is 0.506 e. The molecule has 2 aromatic rings. The van der Waals surface area contributed by atoms with E-state index in [2.05, 4.69) is 15.3 Å². The number of hydrogen-bond donors (Lipinski definition) is 2. The third kappa shape index (κ3) is 5.54. The molecule has 1 amide bonds. The Labute approximate surface area is 149 Å². The van der Waals surface area contributed by atoms with Crippen LogP contribution in [0, 0.1) is 0 Å². The van der Waals surface area contributed by atoms with Crippen molar-refractivity contribution in [2.75, 3.05) is 0 Å². The van der Waals surface area contributed by atoms with Gasteiger partial charge in [0.2, 0.25) is 0 Å². The summed E-state index contributed by atoms with van der Waals surface area (Å²) < 4.78 is 40.3. The first-order valence-electron chi connectivity index (χ1n) is 6.53. The van der Waals surface area contributed by atoms with Crippen molar-refractivity contribution < 1.29 is 27.8 Å². The summed E-state index contributed by atoms with van der Waals surface area (Å²) in [6, 6.07) is 7.15. The number of carbonyl (C=O) groups excluding carboxylic acids is 1. The number of phenolic OH excluding ortho intramolecular Hbond substituents is 1. The molecule has 2 N–H and O–H groups in total. The van der Waals surface area contributed by atoms with Crippen LogP contribution in [-0.4, -0.2) is 23.6 Å². The molecule has 0 saturated heterocycles. The molecule has 25 heavy (non-hydrogen) atoms. The number of alkyl halides is 3. The largest absolute Gasteiger partial charge is 0.573 e. The minimum Gasteiger partial charge on any atom is -0.506 e. The Morgan fingerprint density at radius 2 is 1.96 bits per heavy atom. The van der Waals surface area contributed by atoms with Crippen LogP contribution in [0.5, 0.6) is 11.5 Å². The van der Waals surface area contributed by atoms with E-state index in [1.165, 1.54) is 24.3 Å². The number of phenols is 1. The molecule has 0 unspecified atom stereocenters. The Morgan fingerprint density at radius 1 is 1.24 bits per heavy atom. The second-order valence-electron chi connectivity index (χ2n) is 4.60. The van der Waals surface area contributed by atoms with Gasteiger partial charge in [-0.1, -0.05) is 29.3 Å². The molecule has 0 bridgehead atoms. The minimum absolute atomic E-state index is 0.00252. The summed E-state index contributed by atoms with van der Waals surface area (Å²) in [6.45, 7) is 0. The van der Waals surface area contributed by atoms with Crippen molar-refractivity contribution in [2.24, 2.45) is 5.10 Å². The van der Waals surface area contributed by atoms with Crippen molar-refractivity contribution in [3.05, 3.63) is 57.6 Å². The highest BCUT2D eigenvalue weighted by molar-refractivity contribution is 6.36. The third-order valence-corrected chi connectivity index (χ3v) is 3.26. The number of amides is 1. The maximum Gasteiger partial charge on any atom is 0.573 e. The molecule has 0 atom stereocenters. The van der Waals surface area contributed by atoms with Gasteiger partial charge in [-0.15, -0.1) is 13.2 Å². The van der Waals surface area contributed by atoms with E-state index in [1.54, 1.807) is 0 Å². The van der Waals surface area contributed by atoms with Crippen molar-refractivity contribution >= 4 is 35.3 Å². The summed E-state index contributed by atoms with van der Waals surface area (Å²) in [7, 11) is 0. The number of benzene rings is 2. The summed E-state index contributed by atoms with van der Waals surface area (Å²) >= 11 is 11.5. The summed E-state index contributed by atoms with van der Waals surface area (Å²) in [5, 5.41) is 13.6.